The Balaban J connectivity index is 1.64. The van der Waals surface area contributed by atoms with E-state index in [4.69, 9.17) is 5.63 Å². The molecule has 0 radical (unpaired) electrons. The molecule has 6 rings (SSSR count). The summed E-state index contributed by atoms with van der Waals surface area (Å²) in [4.78, 5) is 26.5. The van der Waals surface area contributed by atoms with Crippen LogP contribution in [0.1, 0.15) is 13.8 Å². The van der Waals surface area contributed by atoms with Crippen LogP contribution in [0.3, 0.4) is 0 Å². The predicted molar refractivity (Wildman–Crippen MR) is 184 cm³/mol. The first-order chi connectivity index (χ1) is 21.9. The molecule has 0 unspecified atom stereocenters. The minimum absolute atomic E-state index is 0.518. The van der Waals surface area contributed by atoms with Gasteiger partial charge in [-0.3, -0.25) is 0 Å². The maximum atomic E-state index is 13.3. The molecule has 6 aromatic carbocycles. The van der Waals surface area contributed by atoms with E-state index in [0.29, 0.717) is 9.81 Å². The van der Waals surface area contributed by atoms with Crippen molar-refractivity contribution in [3.63, 3.8) is 0 Å². The molecule has 0 spiro atoms. The molecule has 0 N–H and O–H groups in total. The molecule has 0 aliphatic heterocycles. The van der Waals surface area contributed by atoms with Crippen molar-refractivity contribution in [1.82, 2.24) is 0 Å². The van der Waals surface area contributed by atoms with Crippen LogP contribution in [-0.2, 0) is 15.2 Å². The van der Waals surface area contributed by atoms with Gasteiger partial charge in [0.15, 0.2) is 0 Å². The average molecular weight is 787 g/mol. The van der Waals surface area contributed by atoms with Crippen molar-refractivity contribution in [2.75, 3.05) is 0 Å². The van der Waals surface area contributed by atoms with E-state index >= 15 is 0 Å². The van der Waals surface area contributed by atoms with Gasteiger partial charge >= 0.3 is 268 Å². The Kier molecular flexibility index (Phi) is 8.47. The first kappa shape index (κ1) is 30.2. The van der Waals surface area contributed by atoms with Crippen LogP contribution in [0.15, 0.2) is 164 Å². The van der Waals surface area contributed by atoms with Crippen molar-refractivity contribution in [2.24, 2.45) is 0 Å². The van der Waals surface area contributed by atoms with Gasteiger partial charge in [-0.15, -0.1) is 0 Å². The average Bonchev–Trinajstić information content (AvgIpc) is 3.09. The molecule has 0 fully saturated rings. The van der Waals surface area contributed by atoms with E-state index in [9.17, 15) is 9.59 Å². The summed E-state index contributed by atoms with van der Waals surface area (Å²) in [5.74, 6) is -1.04. The number of hydrogen-bond donors (Lipinski definition) is 0. The predicted octanol–water partition coefficient (Wildman–Crippen LogP) is 7.23. The molecule has 0 bridgehead atoms. The van der Waals surface area contributed by atoms with Crippen molar-refractivity contribution < 1.29 is 15.2 Å². The van der Waals surface area contributed by atoms with Crippen LogP contribution in [0.5, 0.6) is 0 Å². The zero-order valence-corrected chi connectivity index (χ0v) is 28.6. The number of hydrogen-bond acceptors (Lipinski definition) is 4. The third kappa shape index (κ3) is 5.72. The Hall–Kier alpha value is -4.86. The minimum atomic E-state index is -6.11. The maximum absolute atomic E-state index is 13.3. The standard InChI is InChI=1S/3C12H9.2C2H4O2.Bi/c3*1-3-7-11(8-4-1)12-9-5-2-6-10-12;2*1-2(3)4;/h3*1,3-10H;2*1H3,(H,3,4);/q;;;;;+2/p-2. The summed E-state index contributed by atoms with van der Waals surface area (Å²) in [6.07, 6.45) is 0. The van der Waals surface area contributed by atoms with E-state index in [1.807, 2.05) is 164 Å². The Bertz CT molecular complexity index is 1700. The fourth-order valence-corrected chi connectivity index (χ4v) is 23.9. The molecule has 0 aromatic heterocycles. The Labute approximate surface area is 266 Å². The molecule has 0 heterocycles. The number of benzene rings is 6. The quantitative estimate of drug-likeness (QED) is 0.153. The monoisotopic (exact) mass is 786 g/mol. The molecule has 4 nitrogen and oxygen atoms in total. The van der Waals surface area contributed by atoms with Crippen molar-refractivity contribution >= 4 is 41.4 Å². The molecular formula is C40H33BiO4. The SMILES string of the molecule is CC(=O)[O][Bi]([O]C(C)=O)([c]1ccc(-c2ccccc2)cc1)([c]1ccc(-c2ccccc2)cc1)[c]1ccc(-c2ccccc2)cc1. The number of rotatable bonds is 8. The van der Waals surface area contributed by atoms with Crippen LogP contribution >= 0.6 is 0 Å². The Morgan fingerprint density at radius 2 is 0.578 bits per heavy atom. The molecule has 0 amide bonds. The van der Waals surface area contributed by atoms with Gasteiger partial charge in [0.2, 0.25) is 0 Å². The second-order valence-corrected chi connectivity index (χ2v) is 25.7. The summed E-state index contributed by atoms with van der Waals surface area (Å²) in [6.45, 7) is 2.76. The molecular weight excluding hydrogens is 753 g/mol. The number of carbonyl (C=O) groups excluding carboxylic acids is 2. The van der Waals surface area contributed by atoms with E-state index in [2.05, 4.69) is 0 Å². The molecule has 45 heavy (non-hydrogen) atoms. The molecule has 222 valence electrons. The van der Waals surface area contributed by atoms with Crippen LogP contribution in [0.25, 0.3) is 33.4 Å². The van der Waals surface area contributed by atoms with Crippen LogP contribution in [0.4, 0.5) is 0 Å². The first-order valence-electron chi connectivity index (χ1n) is 14.8. The third-order valence-corrected chi connectivity index (χ3v) is 27.1. The van der Waals surface area contributed by atoms with Gasteiger partial charge in [-0.25, -0.2) is 0 Å². The first-order valence-corrected chi connectivity index (χ1v) is 22.9. The molecule has 0 atom stereocenters. The van der Waals surface area contributed by atoms with Gasteiger partial charge in [-0.05, 0) is 0 Å². The topological polar surface area (TPSA) is 52.6 Å². The normalized spacial score (nSPS) is 12.0. The fourth-order valence-electron chi connectivity index (χ4n) is 5.94. The molecule has 5 heteroatoms. The van der Waals surface area contributed by atoms with E-state index in [1.165, 1.54) is 13.8 Å². The van der Waals surface area contributed by atoms with Crippen LogP contribution in [0.2, 0.25) is 0 Å². The zero-order chi connectivity index (χ0) is 31.3. The summed E-state index contributed by atoms with van der Waals surface area (Å²) in [6, 6.07) is 53.9. The summed E-state index contributed by atoms with van der Waals surface area (Å²) < 4.78 is 15.4. The van der Waals surface area contributed by atoms with E-state index in [1.54, 1.807) is 0 Å². The van der Waals surface area contributed by atoms with E-state index in [0.717, 1.165) is 33.4 Å². The second kappa shape index (κ2) is 12.6. The van der Waals surface area contributed by atoms with Crippen molar-refractivity contribution in [3.8, 4) is 33.4 Å². The van der Waals surface area contributed by atoms with Gasteiger partial charge in [0.1, 0.15) is 0 Å². The van der Waals surface area contributed by atoms with Gasteiger partial charge < -0.3 is 0 Å². The molecule has 0 saturated heterocycles. The Morgan fingerprint density at radius 3 is 0.800 bits per heavy atom. The Morgan fingerprint density at radius 1 is 0.356 bits per heavy atom. The molecule has 0 aliphatic carbocycles. The van der Waals surface area contributed by atoms with Crippen LogP contribution in [0, 0.1) is 0 Å². The van der Waals surface area contributed by atoms with Crippen LogP contribution < -0.4 is 9.81 Å². The van der Waals surface area contributed by atoms with Crippen molar-refractivity contribution in [2.45, 2.75) is 13.8 Å². The number of carbonyl (C=O) groups is 2. The van der Waals surface area contributed by atoms with Crippen molar-refractivity contribution in [3.05, 3.63) is 164 Å². The zero-order valence-electron chi connectivity index (χ0n) is 25.2. The van der Waals surface area contributed by atoms with Crippen molar-refractivity contribution in [1.29, 1.82) is 0 Å². The summed E-state index contributed by atoms with van der Waals surface area (Å²) >= 11 is -6.11. The van der Waals surface area contributed by atoms with Gasteiger partial charge in [-0.2, -0.15) is 0 Å². The third-order valence-electron chi connectivity index (χ3n) is 7.94. The summed E-state index contributed by atoms with van der Waals surface area (Å²) in [7, 11) is 0. The summed E-state index contributed by atoms with van der Waals surface area (Å²) in [5, 5.41) is 0. The van der Waals surface area contributed by atoms with E-state index in [-0.39, 0.29) is 0 Å². The van der Waals surface area contributed by atoms with Crippen LogP contribution in [-0.4, -0.2) is 31.6 Å². The summed E-state index contributed by atoms with van der Waals surface area (Å²) in [5.41, 5.74) is 6.16. The molecule has 6 aromatic rings. The second-order valence-electron chi connectivity index (χ2n) is 10.9. The van der Waals surface area contributed by atoms with E-state index < -0.39 is 31.6 Å². The molecule has 0 aliphatic rings. The molecule has 0 saturated carbocycles. The fraction of sp³-hybridized carbons (Fsp3) is 0.0500. The van der Waals surface area contributed by atoms with Gasteiger partial charge in [0.25, 0.3) is 0 Å². The van der Waals surface area contributed by atoms with Gasteiger partial charge in [0.05, 0.1) is 0 Å². The van der Waals surface area contributed by atoms with Gasteiger partial charge in [-0.1, -0.05) is 0 Å². The van der Waals surface area contributed by atoms with Gasteiger partial charge in [0, 0.05) is 0 Å².